The van der Waals surface area contributed by atoms with Gasteiger partial charge in [-0.15, -0.1) is 0 Å². The van der Waals surface area contributed by atoms with Gasteiger partial charge in [-0.05, 0) is 12.8 Å². The number of likely N-dealkylation sites (N-methyl/N-ethyl adjacent to an activating group) is 2. The van der Waals surface area contributed by atoms with Crippen molar-refractivity contribution in [1.82, 2.24) is 10.1 Å². The van der Waals surface area contributed by atoms with Gasteiger partial charge in [0.05, 0.1) is 14.2 Å². The molecule has 0 N–H and O–H groups in total. The van der Waals surface area contributed by atoms with Crippen molar-refractivity contribution in [3.8, 4) is 0 Å². The van der Waals surface area contributed by atoms with Crippen LogP contribution in [0.4, 0.5) is 0 Å². The molecule has 102 valence electrons. The molecule has 6 nitrogen and oxygen atoms in total. The number of hydrogen-bond acceptors (Lipinski definition) is 4. The van der Waals surface area contributed by atoms with Gasteiger partial charge in [-0.25, -0.2) is 10.1 Å². The number of carbonyl (C=O) groups is 2. The Bertz CT molecular complexity index is 294. The quantitative estimate of drug-likeness (QED) is 0.386. The van der Waals surface area contributed by atoms with E-state index in [1.54, 1.807) is 12.2 Å². The third-order valence-electron chi connectivity index (χ3n) is 2.19. The van der Waals surface area contributed by atoms with Gasteiger partial charge in [0.2, 0.25) is 0 Å². The maximum absolute atomic E-state index is 11.3. The molecule has 6 heteroatoms. The zero-order chi connectivity index (χ0) is 14.0. The topological polar surface area (TPSA) is 59.1 Å². The molecule has 0 aromatic heterocycles. The van der Waals surface area contributed by atoms with Gasteiger partial charge in [0.1, 0.15) is 0 Å². The van der Waals surface area contributed by atoms with Gasteiger partial charge in [-0.2, -0.15) is 0 Å². The number of nitrogens with zero attached hydrogens (tertiary/aromatic N) is 2. The Balaban J connectivity index is 3.86. The lowest BCUT2D eigenvalue weighted by atomic mass is 10.2. The van der Waals surface area contributed by atoms with Crippen molar-refractivity contribution in [1.29, 1.82) is 0 Å². The average molecular weight is 256 g/mol. The summed E-state index contributed by atoms with van der Waals surface area (Å²) in [7, 11) is 5.91. The number of carbonyl (C=O) groups excluding carboxylic acids is 2. The fourth-order valence-corrected chi connectivity index (χ4v) is 0.951. The fourth-order valence-electron chi connectivity index (χ4n) is 0.951. The Labute approximate surface area is 107 Å². The summed E-state index contributed by atoms with van der Waals surface area (Å²) in [6.45, 7) is 0. The van der Waals surface area contributed by atoms with E-state index in [2.05, 4.69) is 0 Å². The van der Waals surface area contributed by atoms with E-state index in [0.29, 0.717) is 12.8 Å². The fraction of sp³-hybridized carbons (Fsp3) is 0.500. The first-order chi connectivity index (χ1) is 8.52. The van der Waals surface area contributed by atoms with Crippen LogP contribution in [0, 0.1) is 0 Å². The van der Waals surface area contributed by atoms with E-state index in [4.69, 9.17) is 9.68 Å². The van der Waals surface area contributed by atoms with Crippen molar-refractivity contribution in [2.75, 3.05) is 28.3 Å². The molecule has 0 aliphatic rings. The van der Waals surface area contributed by atoms with Crippen molar-refractivity contribution >= 4 is 11.8 Å². The minimum Gasteiger partial charge on any atom is -0.274 e. The van der Waals surface area contributed by atoms with Gasteiger partial charge in [-0.1, -0.05) is 12.2 Å². The van der Waals surface area contributed by atoms with Crippen LogP contribution in [-0.4, -0.2) is 50.3 Å². The molecule has 0 aliphatic heterocycles. The average Bonchev–Trinajstić information content (AvgIpc) is 2.39. The highest BCUT2D eigenvalue weighted by Gasteiger charge is 2.02. The lowest BCUT2D eigenvalue weighted by Crippen LogP contribution is -2.23. The van der Waals surface area contributed by atoms with Crippen LogP contribution < -0.4 is 0 Å². The molecular formula is C12H20N2O4. The highest BCUT2D eigenvalue weighted by Crippen LogP contribution is 1.96. The minimum absolute atomic E-state index is 0.225. The van der Waals surface area contributed by atoms with E-state index in [1.165, 1.54) is 40.5 Å². The van der Waals surface area contributed by atoms with Crippen LogP contribution >= 0.6 is 0 Å². The Kier molecular flexibility index (Phi) is 8.51. The molecule has 0 saturated heterocycles. The van der Waals surface area contributed by atoms with E-state index in [-0.39, 0.29) is 11.8 Å². The van der Waals surface area contributed by atoms with Crippen LogP contribution in [0.15, 0.2) is 24.3 Å². The SMILES string of the molecule is CON(C)C(=O)/C=C/CC/C=C/C(=O)N(C)OC. The minimum atomic E-state index is -0.225. The Morgan fingerprint density at radius 3 is 1.50 bits per heavy atom. The predicted molar refractivity (Wildman–Crippen MR) is 67.1 cm³/mol. The van der Waals surface area contributed by atoms with Crippen LogP contribution in [-0.2, 0) is 19.3 Å². The summed E-state index contributed by atoms with van der Waals surface area (Å²) in [5.74, 6) is -0.451. The highest BCUT2D eigenvalue weighted by molar-refractivity contribution is 5.86. The largest absolute Gasteiger partial charge is 0.274 e. The molecule has 0 unspecified atom stereocenters. The monoisotopic (exact) mass is 256 g/mol. The number of rotatable bonds is 7. The predicted octanol–water partition coefficient (Wildman–Crippen LogP) is 0.919. The second-order valence-corrected chi connectivity index (χ2v) is 3.42. The molecule has 0 radical (unpaired) electrons. The second-order valence-electron chi connectivity index (χ2n) is 3.42. The molecule has 0 rings (SSSR count). The first kappa shape index (κ1) is 16.3. The standard InChI is InChI=1S/C12H20N2O4/c1-13(17-3)11(15)9-7-5-6-8-10-12(16)14(2)18-4/h7-10H,5-6H2,1-4H3/b9-7+,10-8+. The summed E-state index contributed by atoms with van der Waals surface area (Å²) in [6, 6.07) is 0. The molecule has 0 aromatic rings. The highest BCUT2D eigenvalue weighted by atomic mass is 16.7. The summed E-state index contributed by atoms with van der Waals surface area (Å²) in [4.78, 5) is 32.0. The van der Waals surface area contributed by atoms with Crippen LogP contribution in [0.5, 0.6) is 0 Å². The van der Waals surface area contributed by atoms with Gasteiger partial charge in [0.15, 0.2) is 0 Å². The van der Waals surface area contributed by atoms with E-state index in [1.807, 2.05) is 0 Å². The Morgan fingerprint density at radius 2 is 1.22 bits per heavy atom. The van der Waals surface area contributed by atoms with Gasteiger partial charge in [-0.3, -0.25) is 19.3 Å². The lowest BCUT2D eigenvalue weighted by molar-refractivity contribution is -0.163. The third-order valence-corrected chi connectivity index (χ3v) is 2.19. The van der Waals surface area contributed by atoms with E-state index >= 15 is 0 Å². The molecule has 0 aliphatic carbocycles. The third kappa shape index (κ3) is 6.82. The lowest BCUT2D eigenvalue weighted by Gasteiger charge is -2.10. The van der Waals surface area contributed by atoms with Crippen LogP contribution in [0.2, 0.25) is 0 Å². The maximum atomic E-state index is 11.3. The molecule has 18 heavy (non-hydrogen) atoms. The van der Waals surface area contributed by atoms with Gasteiger partial charge >= 0.3 is 0 Å². The van der Waals surface area contributed by atoms with Crippen molar-refractivity contribution in [2.24, 2.45) is 0 Å². The van der Waals surface area contributed by atoms with E-state index < -0.39 is 0 Å². The first-order valence-corrected chi connectivity index (χ1v) is 5.49. The zero-order valence-electron chi connectivity index (χ0n) is 11.3. The van der Waals surface area contributed by atoms with E-state index in [0.717, 1.165) is 10.1 Å². The van der Waals surface area contributed by atoms with Gasteiger partial charge in [0, 0.05) is 26.2 Å². The smallest absolute Gasteiger partial charge is 0.269 e. The Hall–Kier alpha value is -1.66. The number of unbranched alkanes of at least 4 members (excludes halogenated alkanes) is 1. The first-order valence-electron chi connectivity index (χ1n) is 5.49. The molecule has 0 saturated carbocycles. The molecule has 0 atom stereocenters. The zero-order valence-corrected chi connectivity index (χ0v) is 11.3. The van der Waals surface area contributed by atoms with E-state index in [9.17, 15) is 9.59 Å². The molecule has 2 amide bonds. The molecule has 0 spiro atoms. The summed E-state index contributed by atoms with van der Waals surface area (Å²) in [5, 5.41) is 2.26. The number of hydrogen-bond donors (Lipinski definition) is 0. The Morgan fingerprint density at radius 1 is 0.889 bits per heavy atom. The summed E-state index contributed by atoms with van der Waals surface area (Å²) in [6.07, 6.45) is 7.66. The number of hydroxylamine groups is 4. The molecular weight excluding hydrogens is 236 g/mol. The van der Waals surface area contributed by atoms with Crippen molar-refractivity contribution < 1.29 is 19.3 Å². The molecule has 0 aromatic carbocycles. The van der Waals surface area contributed by atoms with Crippen LogP contribution in [0.25, 0.3) is 0 Å². The van der Waals surface area contributed by atoms with Crippen molar-refractivity contribution in [2.45, 2.75) is 12.8 Å². The normalized spacial score (nSPS) is 11.1. The van der Waals surface area contributed by atoms with Crippen molar-refractivity contribution in [3.63, 3.8) is 0 Å². The molecule has 0 heterocycles. The number of amides is 2. The summed E-state index contributed by atoms with van der Waals surface area (Å²) >= 11 is 0. The van der Waals surface area contributed by atoms with Crippen LogP contribution in [0.1, 0.15) is 12.8 Å². The van der Waals surface area contributed by atoms with Crippen molar-refractivity contribution in [3.05, 3.63) is 24.3 Å². The van der Waals surface area contributed by atoms with Gasteiger partial charge < -0.3 is 0 Å². The number of allylic oxidation sites excluding steroid dienone is 2. The molecule has 0 bridgehead atoms. The van der Waals surface area contributed by atoms with Gasteiger partial charge in [0.25, 0.3) is 11.8 Å². The maximum Gasteiger partial charge on any atom is 0.269 e. The molecule has 0 fully saturated rings. The second kappa shape index (κ2) is 9.38. The van der Waals surface area contributed by atoms with Crippen LogP contribution in [0.3, 0.4) is 0 Å². The summed E-state index contributed by atoms with van der Waals surface area (Å²) < 4.78 is 0. The summed E-state index contributed by atoms with van der Waals surface area (Å²) in [5.41, 5.74) is 0.